The van der Waals surface area contributed by atoms with Crippen LogP contribution in [-0.2, 0) is 14.6 Å². The Hall–Kier alpha value is -3.44. The van der Waals surface area contributed by atoms with Crippen LogP contribution < -0.4 is 0 Å². The summed E-state index contributed by atoms with van der Waals surface area (Å²) in [6.45, 7) is 1.28. The smallest absolute Gasteiger partial charge is 0.210 e. The fourth-order valence-electron chi connectivity index (χ4n) is 3.37. The van der Waals surface area contributed by atoms with Crippen molar-refractivity contribution in [1.82, 2.24) is 4.98 Å². The number of carbonyl (C=O) groups excluding carboxylic acids is 1. The molecule has 0 radical (unpaired) electrons. The zero-order valence-electron chi connectivity index (χ0n) is 15.8. The molecule has 1 aromatic heterocycles. The van der Waals surface area contributed by atoms with E-state index >= 15 is 0 Å². The standard InChI is InChI=1S/C24H19NO3S/c1-17(26)23(29(27,28)19-12-6-3-7-13-19)16-21-20-14-8-9-15-22(20)25-24(21)18-10-4-2-5-11-18/h2-16,25H,1H3/b23-16+. The number of rotatable bonds is 5. The Labute approximate surface area is 169 Å². The van der Waals surface area contributed by atoms with Gasteiger partial charge in [-0.05, 0) is 36.8 Å². The number of ketones is 1. The lowest BCUT2D eigenvalue weighted by atomic mass is 10.0. The number of fused-ring (bicyclic) bond motifs is 1. The minimum atomic E-state index is -3.95. The van der Waals surface area contributed by atoms with Crippen molar-refractivity contribution in [2.45, 2.75) is 11.8 Å². The van der Waals surface area contributed by atoms with Crippen molar-refractivity contribution in [3.8, 4) is 11.3 Å². The van der Waals surface area contributed by atoms with Gasteiger partial charge in [0.2, 0.25) is 9.84 Å². The van der Waals surface area contributed by atoms with Crippen LogP contribution in [0.25, 0.3) is 28.2 Å². The number of carbonyl (C=O) groups is 1. The number of aromatic nitrogens is 1. The number of hydrogen-bond acceptors (Lipinski definition) is 3. The van der Waals surface area contributed by atoms with E-state index in [0.29, 0.717) is 5.56 Å². The molecule has 5 heteroatoms. The number of Topliss-reactive ketones (excluding diaryl/α,β-unsaturated/α-hetero) is 1. The molecular formula is C24H19NO3S. The van der Waals surface area contributed by atoms with Crippen molar-refractivity contribution in [1.29, 1.82) is 0 Å². The van der Waals surface area contributed by atoms with E-state index in [1.54, 1.807) is 18.2 Å². The molecule has 1 N–H and O–H groups in total. The Morgan fingerprint density at radius 2 is 1.41 bits per heavy atom. The van der Waals surface area contributed by atoms with E-state index in [4.69, 9.17) is 0 Å². The molecular weight excluding hydrogens is 382 g/mol. The molecule has 0 fully saturated rings. The van der Waals surface area contributed by atoms with Crippen molar-refractivity contribution in [3.05, 3.63) is 95.4 Å². The maximum atomic E-state index is 13.2. The lowest BCUT2D eigenvalue weighted by Gasteiger charge is -2.08. The number of allylic oxidation sites excluding steroid dienone is 1. The van der Waals surface area contributed by atoms with Crippen LogP contribution in [0.5, 0.6) is 0 Å². The summed E-state index contributed by atoms with van der Waals surface area (Å²) >= 11 is 0. The summed E-state index contributed by atoms with van der Waals surface area (Å²) in [5.41, 5.74) is 3.23. The fourth-order valence-corrected chi connectivity index (χ4v) is 4.79. The third kappa shape index (κ3) is 3.52. The quantitative estimate of drug-likeness (QED) is 0.465. The molecule has 144 valence electrons. The molecule has 0 saturated carbocycles. The predicted octanol–water partition coefficient (Wildman–Crippen LogP) is 5.24. The second-order valence-corrected chi connectivity index (χ2v) is 8.62. The van der Waals surface area contributed by atoms with Gasteiger partial charge in [0, 0.05) is 16.5 Å². The van der Waals surface area contributed by atoms with Crippen LogP contribution in [0.4, 0.5) is 0 Å². The Morgan fingerprint density at radius 3 is 2.07 bits per heavy atom. The average molecular weight is 401 g/mol. The molecule has 4 rings (SSSR count). The molecule has 0 saturated heterocycles. The van der Waals surface area contributed by atoms with Gasteiger partial charge in [0.1, 0.15) is 4.91 Å². The van der Waals surface area contributed by atoms with Crippen LogP contribution in [0, 0.1) is 0 Å². The maximum Gasteiger partial charge on any atom is 0.210 e. The van der Waals surface area contributed by atoms with Gasteiger partial charge in [0.15, 0.2) is 5.78 Å². The number of sulfone groups is 1. The normalized spacial score (nSPS) is 12.2. The van der Waals surface area contributed by atoms with Crippen LogP contribution >= 0.6 is 0 Å². The third-order valence-corrected chi connectivity index (χ3v) is 6.65. The minimum absolute atomic E-state index is 0.0996. The van der Waals surface area contributed by atoms with Crippen molar-refractivity contribution in [3.63, 3.8) is 0 Å². The molecule has 4 nitrogen and oxygen atoms in total. The largest absolute Gasteiger partial charge is 0.354 e. The summed E-state index contributed by atoms with van der Waals surface area (Å²) < 4.78 is 26.4. The second kappa shape index (κ2) is 7.53. The highest BCUT2D eigenvalue weighted by Gasteiger charge is 2.25. The first-order chi connectivity index (χ1) is 14.0. The van der Waals surface area contributed by atoms with Crippen LogP contribution in [0.3, 0.4) is 0 Å². The average Bonchev–Trinajstić information content (AvgIpc) is 3.11. The molecule has 0 amide bonds. The third-order valence-electron chi connectivity index (χ3n) is 4.77. The molecule has 0 unspecified atom stereocenters. The lowest BCUT2D eigenvalue weighted by Crippen LogP contribution is -2.11. The Bertz CT molecular complexity index is 1320. The van der Waals surface area contributed by atoms with E-state index in [0.717, 1.165) is 22.2 Å². The molecule has 0 aliphatic carbocycles. The lowest BCUT2D eigenvalue weighted by molar-refractivity contribution is -0.112. The first-order valence-corrected chi connectivity index (χ1v) is 10.7. The molecule has 0 aliphatic heterocycles. The van der Waals surface area contributed by atoms with Crippen molar-refractivity contribution < 1.29 is 13.2 Å². The van der Waals surface area contributed by atoms with Crippen molar-refractivity contribution in [2.24, 2.45) is 0 Å². The van der Waals surface area contributed by atoms with Crippen molar-refractivity contribution >= 4 is 32.6 Å². The Morgan fingerprint density at radius 1 is 0.828 bits per heavy atom. The topological polar surface area (TPSA) is 67.0 Å². The summed E-state index contributed by atoms with van der Waals surface area (Å²) in [7, 11) is -3.95. The summed E-state index contributed by atoms with van der Waals surface area (Å²) in [5, 5.41) is 0.855. The van der Waals surface area contributed by atoms with Gasteiger partial charge < -0.3 is 4.98 Å². The number of hydrogen-bond donors (Lipinski definition) is 1. The van der Waals surface area contributed by atoms with Crippen molar-refractivity contribution in [2.75, 3.05) is 0 Å². The summed E-state index contributed by atoms with van der Waals surface area (Å²) in [4.78, 5) is 15.7. The van der Waals surface area contributed by atoms with Crippen LogP contribution in [0.1, 0.15) is 12.5 Å². The number of para-hydroxylation sites is 1. The molecule has 1 heterocycles. The van der Waals surface area contributed by atoms with Gasteiger partial charge in [0.25, 0.3) is 0 Å². The van der Waals surface area contributed by atoms with Crippen LogP contribution in [0.2, 0.25) is 0 Å². The number of nitrogens with one attached hydrogen (secondary N) is 1. The van der Waals surface area contributed by atoms with Gasteiger partial charge in [-0.1, -0.05) is 66.7 Å². The zero-order chi connectivity index (χ0) is 20.4. The molecule has 29 heavy (non-hydrogen) atoms. The predicted molar refractivity (Wildman–Crippen MR) is 116 cm³/mol. The highest BCUT2D eigenvalue weighted by Crippen LogP contribution is 2.33. The molecule has 3 aromatic carbocycles. The van der Waals surface area contributed by atoms with E-state index in [9.17, 15) is 13.2 Å². The van der Waals surface area contributed by atoms with Gasteiger partial charge in [-0.2, -0.15) is 0 Å². The molecule has 0 aliphatic rings. The van der Waals surface area contributed by atoms with E-state index in [-0.39, 0.29) is 9.80 Å². The molecule has 4 aromatic rings. The maximum absolute atomic E-state index is 13.2. The monoisotopic (exact) mass is 401 g/mol. The van der Waals surface area contributed by atoms with Gasteiger partial charge in [0.05, 0.1) is 10.6 Å². The molecule has 0 spiro atoms. The number of aromatic amines is 1. The van der Waals surface area contributed by atoms with E-state index < -0.39 is 15.6 Å². The first-order valence-electron chi connectivity index (χ1n) is 9.17. The fraction of sp³-hybridized carbons (Fsp3) is 0.0417. The van der Waals surface area contributed by atoms with Crippen LogP contribution in [-0.4, -0.2) is 19.2 Å². The summed E-state index contributed by atoms with van der Waals surface area (Å²) in [6, 6.07) is 25.3. The highest BCUT2D eigenvalue weighted by atomic mass is 32.2. The second-order valence-electron chi connectivity index (χ2n) is 6.71. The summed E-state index contributed by atoms with van der Waals surface area (Å²) in [6.07, 6.45) is 1.49. The Kier molecular flexibility index (Phi) is 4.91. The number of H-pyrrole nitrogens is 1. The van der Waals surface area contributed by atoms with E-state index in [2.05, 4.69) is 4.98 Å². The van der Waals surface area contributed by atoms with Gasteiger partial charge in [-0.3, -0.25) is 4.79 Å². The van der Waals surface area contributed by atoms with Crippen LogP contribution in [0.15, 0.2) is 94.7 Å². The summed E-state index contributed by atoms with van der Waals surface area (Å²) in [5.74, 6) is -0.502. The SMILES string of the molecule is CC(=O)/C(=C\c1c(-c2ccccc2)[nH]c2ccccc12)S(=O)(=O)c1ccccc1. The minimum Gasteiger partial charge on any atom is -0.354 e. The Balaban J connectivity index is 2.00. The zero-order valence-corrected chi connectivity index (χ0v) is 16.6. The highest BCUT2D eigenvalue weighted by molar-refractivity contribution is 7.96. The molecule has 0 atom stereocenters. The number of benzene rings is 3. The van der Waals surface area contributed by atoms with E-state index in [1.165, 1.54) is 25.1 Å². The van der Waals surface area contributed by atoms with Gasteiger partial charge >= 0.3 is 0 Å². The van der Waals surface area contributed by atoms with E-state index in [1.807, 2.05) is 54.6 Å². The molecule has 0 bridgehead atoms. The van der Waals surface area contributed by atoms with Gasteiger partial charge in [-0.15, -0.1) is 0 Å². The van der Waals surface area contributed by atoms with Gasteiger partial charge in [-0.25, -0.2) is 8.42 Å². The first kappa shape index (κ1) is 18.9.